The maximum atomic E-state index is 11.3. The van der Waals surface area contributed by atoms with Crippen LogP contribution in [0.15, 0.2) is 60.7 Å². The Morgan fingerprint density at radius 3 is 2.45 bits per heavy atom. The normalized spacial score (nSPS) is 11.2. The topological polar surface area (TPSA) is 40.5 Å². The summed E-state index contributed by atoms with van der Waals surface area (Å²) in [4.78, 5) is 13.5. The minimum Gasteiger partial charge on any atom is -0.478 e. The van der Waals surface area contributed by atoms with Gasteiger partial charge in [0.1, 0.15) is 0 Å². The average molecular weight is 295 g/mol. The first-order valence-corrected chi connectivity index (χ1v) is 7.46. The van der Waals surface area contributed by atoms with Gasteiger partial charge in [0, 0.05) is 13.1 Å². The molecule has 0 aliphatic rings. The van der Waals surface area contributed by atoms with E-state index < -0.39 is 5.97 Å². The van der Waals surface area contributed by atoms with Crippen LogP contribution in [0.4, 0.5) is 0 Å². The third-order valence-electron chi connectivity index (χ3n) is 3.56. The van der Waals surface area contributed by atoms with E-state index in [0.29, 0.717) is 12.1 Å². The Balaban J connectivity index is 2.01. The van der Waals surface area contributed by atoms with E-state index in [1.165, 1.54) is 5.56 Å². The number of nitrogens with zero attached hydrogens (tertiary/aromatic N) is 1. The zero-order valence-electron chi connectivity index (χ0n) is 12.8. The Morgan fingerprint density at radius 2 is 1.77 bits per heavy atom. The molecule has 0 saturated heterocycles. The Labute approximate surface area is 131 Å². The van der Waals surface area contributed by atoms with Gasteiger partial charge < -0.3 is 5.11 Å². The van der Waals surface area contributed by atoms with E-state index in [9.17, 15) is 9.90 Å². The van der Waals surface area contributed by atoms with Crippen molar-refractivity contribution in [2.45, 2.75) is 13.5 Å². The molecule has 0 bridgehead atoms. The molecule has 2 rings (SSSR count). The summed E-state index contributed by atoms with van der Waals surface area (Å²) >= 11 is 0. The predicted molar refractivity (Wildman–Crippen MR) is 89.8 cm³/mol. The maximum absolute atomic E-state index is 11.3. The number of hydrogen-bond acceptors (Lipinski definition) is 2. The summed E-state index contributed by atoms with van der Waals surface area (Å²) in [5, 5.41) is 9.24. The van der Waals surface area contributed by atoms with Gasteiger partial charge in [0.05, 0.1) is 5.56 Å². The molecule has 114 valence electrons. The van der Waals surface area contributed by atoms with Crippen molar-refractivity contribution in [3.63, 3.8) is 0 Å². The van der Waals surface area contributed by atoms with Crippen molar-refractivity contribution in [1.29, 1.82) is 0 Å². The van der Waals surface area contributed by atoms with Crippen molar-refractivity contribution in [1.82, 2.24) is 4.90 Å². The van der Waals surface area contributed by atoms with Gasteiger partial charge >= 0.3 is 5.97 Å². The molecule has 0 saturated carbocycles. The highest BCUT2D eigenvalue weighted by Gasteiger charge is 2.11. The molecule has 22 heavy (non-hydrogen) atoms. The summed E-state index contributed by atoms with van der Waals surface area (Å²) in [5.41, 5.74) is 2.41. The molecule has 2 aromatic carbocycles. The van der Waals surface area contributed by atoms with Gasteiger partial charge in [-0.15, -0.1) is 0 Å². The smallest absolute Gasteiger partial charge is 0.336 e. The van der Waals surface area contributed by atoms with Crippen molar-refractivity contribution in [2.75, 3.05) is 13.1 Å². The largest absolute Gasteiger partial charge is 0.478 e. The molecule has 0 fully saturated rings. The highest BCUT2D eigenvalue weighted by atomic mass is 16.4. The summed E-state index contributed by atoms with van der Waals surface area (Å²) < 4.78 is 0. The van der Waals surface area contributed by atoms with E-state index in [1.807, 2.05) is 30.3 Å². The molecular formula is C19H21NO2. The van der Waals surface area contributed by atoms with Crippen LogP contribution in [0.2, 0.25) is 0 Å². The standard InChI is InChI=1S/C19H21NO2/c1-2-20(14-8-11-16-9-4-3-5-10-16)15-17-12-6-7-13-18(17)19(21)22/h3-13H,2,14-15H2,1H3,(H,21,22)/b11-8+. The Kier molecular flexibility index (Phi) is 5.92. The van der Waals surface area contributed by atoms with Gasteiger partial charge in [-0.2, -0.15) is 0 Å². The van der Waals surface area contributed by atoms with Gasteiger partial charge in [-0.1, -0.05) is 67.6 Å². The van der Waals surface area contributed by atoms with Crippen molar-refractivity contribution in [3.8, 4) is 0 Å². The number of benzene rings is 2. The van der Waals surface area contributed by atoms with Crippen molar-refractivity contribution in [2.24, 2.45) is 0 Å². The zero-order chi connectivity index (χ0) is 15.8. The van der Waals surface area contributed by atoms with Gasteiger partial charge in [-0.05, 0) is 23.7 Å². The number of hydrogen-bond donors (Lipinski definition) is 1. The van der Waals surface area contributed by atoms with Crippen LogP contribution in [0.3, 0.4) is 0 Å². The lowest BCUT2D eigenvalue weighted by atomic mass is 10.1. The molecule has 3 nitrogen and oxygen atoms in total. The number of carbonyl (C=O) groups is 1. The highest BCUT2D eigenvalue weighted by Crippen LogP contribution is 2.12. The lowest BCUT2D eigenvalue weighted by molar-refractivity contribution is 0.0694. The number of likely N-dealkylation sites (N-methyl/N-ethyl adjacent to an activating group) is 1. The van der Waals surface area contributed by atoms with Crippen LogP contribution in [0.1, 0.15) is 28.4 Å². The van der Waals surface area contributed by atoms with E-state index in [1.54, 1.807) is 12.1 Å². The molecule has 0 aromatic heterocycles. The van der Waals surface area contributed by atoms with Crippen LogP contribution in [-0.4, -0.2) is 29.1 Å². The lowest BCUT2D eigenvalue weighted by Crippen LogP contribution is -2.24. The zero-order valence-corrected chi connectivity index (χ0v) is 12.8. The minimum absolute atomic E-state index is 0.382. The second-order valence-corrected chi connectivity index (χ2v) is 5.10. The molecular weight excluding hydrogens is 274 g/mol. The molecule has 0 radical (unpaired) electrons. The molecule has 0 amide bonds. The summed E-state index contributed by atoms with van der Waals surface area (Å²) in [5.74, 6) is -0.869. The second kappa shape index (κ2) is 8.15. The van der Waals surface area contributed by atoms with Crippen LogP contribution in [-0.2, 0) is 6.54 Å². The van der Waals surface area contributed by atoms with Gasteiger partial charge in [0.25, 0.3) is 0 Å². The fourth-order valence-electron chi connectivity index (χ4n) is 2.32. The second-order valence-electron chi connectivity index (χ2n) is 5.10. The Morgan fingerprint density at radius 1 is 1.09 bits per heavy atom. The van der Waals surface area contributed by atoms with E-state index in [4.69, 9.17) is 0 Å². The molecule has 0 atom stereocenters. The van der Waals surface area contributed by atoms with Gasteiger partial charge in [-0.25, -0.2) is 4.79 Å². The number of carboxylic acid groups (broad SMARTS) is 1. The fraction of sp³-hybridized carbons (Fsp3) is 0.211. The third kappa shape index (κ3) is 4.57. The van der Waals surface area contributed by atoms with E-state index >= 15 is 0 Å². The highest BCUT2D eigenvalue weighted by molar-refractivity contribution is 5.89. The van der Waals surface area contributed by atoms with Crippen LogP contribution in [0.5, 0.6) is 0 Å². The summed E-state index contributed by atoms with van der Waals surface area (Å²) in [6, 6.07) is 17.3. The van der Waals surface area contributed by atoms with Crippen molar-refractivity contribution in [3.05, 3.63) is 77.4 Å². The molecule has 0 unspecified atom stereocenters. The van der Waals surface area contributed by atoms with Crippen LogP contribution >= 0.6 is 0 Å². The first kappa shape index (κ1) is 16.0. The quantitative estimate of drug-likeness (QED) is 0.841. The molecule has 3 heteroatoms. The summed E-state index contributed by atoms with van der Waals surface area (Å²) in [7, 11) is 0. The fourth-order valence-corrected chi connectivity index (χ4v) is 2.32. The maximum Gasteiger partial charge on any atom is 0.336 e. The average Bonchev–Trinajstić information content (AvgIpc) is 2.55. The first-order chi connectivity index (χ1) is 10.7. The number of rotatable bonds is 7. The SMILES string of the molecule is CCN(C/C=C/c1ccccc1)Cc1ccccc1C(=O)O. The lowest BCUT2D eigenvalue weighted by Gasteiger charge is -2.19. The molecule has 1 N–H and O–H groups in total. The number of aromatic carboxylic acids is 1. The van der Waals surface area contributed by atoms with Gasteiger partial charge in [0.2, 0.25) is 0 Å². The van der Waals surface area contributed by atoms with Crippen LogP contribution in [0.25, 0.3) is 6.08 Å². The first-order valence-electron chi connectivity index (χ1n) is 7.46. The Bertz CT molecular complexity index is 635. The summed E-state index contributed by atoms with van der Waals surface area (Å²) in [6.45, 7) is 4.38. The van der Waals surface area contributed by atoms with E-state index in [-0.39, 0.29) is 0 Å². The van der Waals surface area contributed by atoms with Crippen LogP contribution < -0.4 is 0 Å². The van der Waals surface area contributed by atoms with Crippen molar-refractivity contribution < 1.29 is 9.90 Å². The Hall–Kier alpha value is -2.39. The molecule has 2 aromatic rings. The third-order valence-corrected chi connectivity index (χ3v) is 3.56. The monoisotopic (exact) mass is 295 g/mol. The van der Waals surface area contributed by atoms with Gasteiger partial charge in [0.15, 0.2) is 0 Å². The van der Waals surface area contributed by atoms with Crippen molar-refractivity contribution >= 4 is 12.0 Å². The molecule has 0 spiro atoms. The molecule has 0 heterocycles. The predicted octanol–water partition coefficient (Wildman–Crippen LogP) is 3.92. The van der Waals surface area contributed by atoms with Gasteiger partial charge in [-0.3, -0.25) is 4.90 Å². The minimum atomic E-state index is -0.869. The van der Waals surface area contributed by atoms with E-state index in [2.05, 4.69) is 36.1 Å². The van der Waals surface area contributed by atoms with Crippen LogP contribution in [0, 0.1) is 0 Å². The van der Waals surface area contributed by atoms with E-state index in [0.717, 1.165) is 18.7 Å². The summed E-state index contributed by atoms with van der Waals surface area (Å²) in [6.07, 6.45) is 4.20. The molecule has 0 aliphatic heterocycles. The molecule has 0 aliphatic carbocycles. The number of carboxylic acids is 1.